The van der Waals surface area contributed by atoms with Crippen LogP contribution < -0.4 is 0 Å². The van der Waals surface area contributed by atoms with Crippen LogP contribution in [0.3, 0.4) is 0 Å². The molecule has 0 amide bonds. The molecule has 0 fully saturated rings. The molecule has 0 saturated heterocycles. The maximum Gasteiger partial charge on any atom is 0.469 e. The molecule has 0 aromatic heterocycles. The van der Waals surface area contributed by atoms with Gasteiger partial charge in [-0.25, -0.2) is 4.57 Å². The highest BCUT2D eigenvalue weighted by molar-refractivity contribution is 7.46. The van der Waals surface area contributed by atoms with E-state index in [9.17, 15) is 14.2 Å². The minimum absolute atomic E-state index is 0.172. The fourth-order valence-electron chi connectivity index (χ4n) is 5.76. The van der Waals surface area contributed by atoms with Gasteiger partial charge in [0.25, 0.3) is 0 Å². The molecule has 0 bridgehead atoms. The van der Waals surface area contributed by atoms with Crippen LogP contribution in [-0.2, 0) is 28.2 Å². The van der Waals surface area contributed by atoms with Crippen LogP contribution in [0, 0.1) is 0 Å². The van der Waals surface area contributed by atoms with Crippen molar-refractivity contribution in [3.63, 3.8) is 0 Å². The number of rotatable bonds is 39. The number of carbonyl (C=O) groups excluding carboxylic acids is 2. The average molecular weight is 779 g/mol. The molecule has 0 aliphatic carbocycles. The summed E-state index contributed by atoms with van der Waals surface area (Å²) in [4.78, 5) is 42.9. The molecule has 0 aliphatic rings. The van der Waals surface area contributed by atoms with Crippen LogP contribution in [-0.4, -0.2) is 41.0 Å². The van der Waals surface area contributed by atoms with Gasteiger partial charge in [0.1, 0.15) is 6.61 Å². The van der Waals surface area contributed by atoms with Crippen molar-refractivity contribution < 1.29 is 37.9 Å². The predicted octanol–water partition coefficient (Wildman–Crippen LogP) is 13.3. The van der Waals surface area contributed by atoms with Crippen molar-refractivity contribution in [2.45, 2.75) is 200 Å². The average Bonchev–Trinajstić information content (AvgIpc) is 3.14. The number of allylic oxidation sites excluding steroid dienone is 10. The summed E-state index contributed by atoms with van der Waals surface area (Å²) in [5, 5.41) is 0. The lowest BCUT2D eigenvalue weighted by Crippen LogP contribution is -2.29. The van der Waals surface area contributed by atoms with E-state index >= 15 is 0 Å². The molecule has 0 unspecified atom stereocenters. The van der Waals surface area contributed by atoms with Crippen LogP contribution >= 0.6 is 7.82 Å². The van der Waals surface area contributed by atoms with Gasteiger partial charge >= 0.3 is 19.8 Å². The highest BCUT2D eigenvalue weighted by atomic mass is 31.2. The second-order valence-corrected chi connectivity index (χ2v) is 15.5. The Morgan fingerprint density at radius 1 is 0.481 bits per heavy atom. The normalized spacial score (nSPS) is 13.0. The van der Waals surface area contributed by atoms with Gasteiger partial charge < -0.3 is 19.3 Å². The Bertz CT molecular complexity index is 1060. The lowest BCUT2D eigenvalue weighted by molar-refractivity contribution is -0.161. The first kappa shape index (κ1) is 51.8. The maximum atomic E-state index is 12.4. The zero-order valence-corrected chi connectivity index (χ0v) is 35.2. The summed E-state index contributed by atoms with van der Waals surface area (Å²) < 4.78 is 26.4. The Morgan fingerprint density at radius 2 is 0.833 bits per heavy atom. The molecule has 0 heterocycles. The first-order valence-corrected chi connectivity index (χ1v) is 23.1. The molecule has 312 valence electrons. The molecule has 2 N–H and O–H groups in total. The van der Waals surface area contributed by atoms with Gasteiger partial charge in [0.15, 0.2) is 6.10 Å². The number of esters is 2. The van der Waals surface area contributed by atoms with E-state index in [2.05, 4.69) is 79.1 Å². The first-order chi connectivity index (χ1) is 26.3. The number of unbranched alkanes of at least 4 members (excludes halogenated alkanes) is 19. The topological polar surface area (TPSA) is 119 Å². The summed E-state index contributed by atoms with van der Waals surface area (Å²) in [7, 11) is -4.77. The van der Waals surface area contributed by atoms with Crippen LogP contribution in [0.1, 0.15) is 194 Å². The fourth-order valence-corrected chi connectivity index (χ4v) is 6.12. The molecule has 0 aromatic carbocycles. The molecule has 9 heteroatoms. The van der Waals surface area contributed by atoms with Gasteiger partial charge in [0.2, 0.25) is 0 Å². The lowest BCUT2D eigenvalue weighted by atomic mass is 10.1. The number of carbonyl (C=O) groups is 2. The van der Waals surface area contributed by atoms with Crippen molar-refractivity contribution in [2.75, 3.05) is 13.2 Å². The molecule has 0 aliphatic heterocycles. The molecular weight excluding hydrogens is 699 g/mol. The largest absolute Gasteiger partial charge is 0.469 e. The minimum Gasteiger partial charge on any atom is -0.462 e. The Kier molecular flexibility index (Phi) is 38.7. The van der Waals surface area contributed by atoms with E-state index in [0.717, 1.165) is 64.2 Å². The van der Waals surface area contributed by atoms with E-state index < -0.39 is 32.5 Å². The van der Waals surface area contributed by atoms with Crippen molar-refractivity contribution >= 4 is 19.8 Å². The standard InChI is InChI=1S/C45H79O8P/c1-3-5-7-9-11-13-15-17-19-21-22-24-26-28-30-32-34-36-38-40-45(47)53-43(42-52-54(48,49)50)41-51-44(46)39-37-35-33-31-29-27-25-23-20-18-16-14-12-10-8-6-4-2/h11,13,17-20,22,24,28,30,43H,3-10,12,14-16,21,23,25-27,29,31-42H2,1-2H3,(H2,48,49,50)/b13-11+,19-17+,20-18+,24-22+,30-28+/t43-/m1/s1. The third-order valence-corrected chi connectivity index (χ3v) is 9.49. The molecule has 0 rings (SSSR count). The quantitative estimate of drug-likeness (QED) is 0.0274. The van der Waals surface area contributed by atoms with E-state index in [0.29, 0.717) is 12.8 Å². The van der Waals surface area contributed by atoms with E-state index in [-0.39, 0.29) is 19.4 Å². The highest BCUT2D eigenvalue weighted by Gasteiger charge is 2.22. The molecular formula is C45H79O8P. The minimum atomic E-state index is -4.77. The first-order valence-electron chi connectivity index (χ1n) is 21.6. The summed E-state index contributed by atoms with van der Waals surface area (Å²) in [6.07, 6.45) is 50.8. The van der Waals surface area contributed by atoms with Gasteiger partial charge in [-0.05, 0) is 83.5 Å². The summed E-state index contributed by atoms with van der Waals surface area (Å²) in [5.41, 5.74) is 0. The van der Waals surface area contributed by atoms with Crippen LogP contribution in [0.5, 0.6) is 0 Å². The van der Waals surface area contributed by atoms with Crippen LogP contribution in [0.15, 0.2) is 60.8 Å². The fraction of sp³-hybridized carbons (Fsp3) is 0.733. The predicted molar refractivity (Wildman–Crippen MR) is 225 cm³/mol. The Labute approximate surface area is 330 Å². The number of phosphoric acid groups is 1. The summed E-state index contributed by atoms with van der Waals surface area (Å²) in [5.74, 6) is -0.927. The number of hydrogen-bond donors (Lipinski definition) is 2. The van der Waals surface area contributed by atoms with E-state index in [1.807, 2.05) is 0 Å². The Morgan fingerprint density at radius 3 is 1.31 bits per heavy atom. The highest BCUT2D eigenvalue weighted by Crippen LogP contribution is 2.36. The molecule has 0 radical (unpaired) electrons. The van der Waals surface area contributed by atoms with E-state index in [1.54, 1.807) is 0 Å². The molecule has 54 heavy (non-hydrogen) atoms. The third kappa shape index (κ3) is 42.5. The number of ether oxygens (including phenoxy) is 2. The van der Waals surface area contributed by atoms with E-state index in [1.165, 1.54) is 89.9 Å². The van der Waals surface area contributed by atoms with Crippen LogP contribution in [0.25, 0.3) is 0 Å². The van der Waals surface area contributed by atoms with Gasteiger partial charge in [-0.1, -0.05) is 158 Å². The van der Waals surface area contributed by atoms with Crippen molar-refractivity contribution in [1.29, 1.82) is 0 Å². The van der Waals surface area contributed by atoms with Crippen molar-refractivity contribution in [3.05, 3.63) is 60.8 Å². The van der Waals surface area contributed by atoms with Gasteiger partial charge in [-0.15, -0.1) is 0 Å². The maximum absolute atomic E-state index is 12.4. The lowest BCUT2D eigenvalue weighted by Gasteiger charge is -2.18. The van der Waals surface area contributed by atoms with Crippen LogP contribution in [0.4, 0.5) is 0 Å². The zero-order chi connectivity index (χ0) is 39.6. The zero-order valence-electron chi connectivity index (χ0n) is 34.4. The summed E-state index contributed by atoms with van der Waals surface area (Å²) >= 11 is 0. The Balaban J connectivity index is 3.99. The van der Waals surface area contributed by atoms with Crippen molar-refractivity contribution in [3.8, 4) is 0 Å². The number of phosphoric ester groups is 1. The number of hydrogen-bond acceptors (Lipinski definition) is 6. The smallest absolute Gasteiger partial charge is 0.462 e. The van der Waals surface area contributed by atoms with Crippen LogP contribution in [0.2, 0.25) is 0 Å². The van der Waals surface area contributed by atoms with Gasteiger partial charge in [-0.2, -0.15) is 0 Å². The SMILES string of the molecule is CCCCC/C=C/C/C=C/C/C=C/C/C=C/CCCCCC(=O)O[C@H](COC(=O)CCCCCCCCC/C=C/CCCCCCCC)COP(=O)(O)O. The van der Waals surface area contributed by atoms with Gasteiger partial charge in [-0.3, -0.25) is 14.1 Å². The Hall–Kier alpha value is -2.25. The molecule has 0 spiro atoms. The second kappa shape index (κ2) is 40.4. The summed E-state index contributed by atoms with van der Waals surface area (Å²) in [6, 6.07) is 0. The van der Waals surface area contributed by atoms with E-state index in [4.69, 9.17) is 19.3 Å². The monoisotopic (exact) mass is 779 g/mol. The van der Waals surface area contributed by atoms with Crippen molar-refractivity contribution in [2.24, 2.45) is 0 Å². The molecule has 8 nitrogen and oxygen atoms in total. The summed E-state index contributed by atoms with van der Waals surface area (Å²) in [6.45, 7) is 3.63. The molecule has 0 aromatic rings. The molecule has 1 atom stereocenters. The molecule has 0 saturated carbocycles. The third-order valence-electron chi connectivity index (χ3n) is 9.01. The van der Waals surface area contributed by atoms with Gasteiger partial charge in [0.05, 0.1) is 6.61 Å². The van der Waals surface area contributed by atoms with Gasteiger partial charge in [0, 0.05) is 12.8 Å². The van der Waals surface area contributed by atoms with Crippen molar-refractivity contribution in [1.82, 2.24) is 0 Å². The second-order valence-electron chi connectivity index (χ2n) is 14.3.